The number of ketones is 1. The fourth-order valence-electron chi connectivity index (χ4n) is 2.22. The molecule has 0 aliphatic heterocycles. The number of carbonyl (C=O) groups is 1. The Kier molecular flexibility index (Phi) is 4.77. The SMILES string of the molecule is CC(=O)c1cccc(S(=O)(=O)NCCc2c(C)n[nH]c2C)c1. The predicted molar refractivity (Wildman–Crippen MR) is 83.4 cm³/mol. The average molecular weight is 321 g/mol. The molecule has 118 valence electrons. The van der Waals surface area contributed by atoms with E-state index in [2.05, 4.69) is 14.9 Å². The van der Waals surface area contributed by atoms with Gasteiger partial charge in [-0.05, 0) is 44.9 Å². The van der Waals surface area contributed by atoms with Gasteiger partial charge < -0.3 is 0 Å². The second-order valence-corrected chi connectivity index (χ2v) is 6.91. The largest absolute Gasteiger partial charge is 0.295 e. The number of sulfonamides is 1. The molecule has 0 atom stereocenters. The molecule has 0 fully saturated rings. The highest BCUT2D eigenvalue weighted by atomic mass is 32.2. The molecule has 0 amide bonds. The summed E-state index contributed by atoms with van der Waals surface area (Å²) in [6, 6.07) is 6.03. The zero-order valence-corrected chi connectivity index (χ0v) is 13.6. The second kappa shape index (κ2) is 6.41. The molecule has 1 aromatic carbocycles. The summed E-state index contributed by atoms with van der Waals surface area (Å²) in [7, 11) is -3.63. The molecule has 22 heavy (non-hydrogen) atoms. The Labute approximate surface area is 130 Å². The minimum atomic E-state index is -3.63. The molecule has 2 N–H and O–H groups in total. The Morgan fingerprint density at radius 3 is 2.64 bits per heavy atom. The third kappa shape index (κ3) is 3.61. The van der Waals surface area contributed by atoms with Crippen LogP contribution < -0.4 is 4.72 Å². The van der Waals surface area contributed by atoms with Crippen LogP contribution in [-0.2, 0) is 16.4 Å². The lowest BCUT2D eigenvalue weighted by Crippen LogP contribution is -2.26. The number of Topliss-reactive ketones (excluding diaryl/α,β-unsaturated/α-hetero) is 1. The van der Waals surface area contributed by atoms with E-state index in [0.29, 0.717) is 12.0 Å². The molecule has 0 radical (unpaired) electrons. The maximum Gasteiger partial charge on any atom is 0.240 e. The first-order valence-electron chi connectivity index (χ1n) is 6.92. The first-order chi connectivity index (χ1) is 10.3. The van der Waals surface area contributed by atoms with Crippen molar-refractivity contribution in [3.8, 4) is 0 Å². The van der Waals surface area contributed by atoms with Gasteiger partial charge in [-0.1, -0.05) is 12.1 Å². The van der Waals surface area contributed by atoms with Gasteiger partial charge in [-0.3, -0.25) is 9.89 Å². The lowest BCUT2D eigenvalue weighted by Gasteiger charge is -2.08. The second-order valence-electron chi connectivity index (χ2n) is 5.14. The third-order valence-electron chi connectivity index (χ3n) is 3.50. The van der Waals surface area contributed by atoms with E-state index in [4.69, 9.17) is 0 Å². The van der Waals surface area contributed by atoms with Crippen molar-refractivity contribution in [2.45, 2.75) is 32.1 Å². The summed E-state index contributed by atoms with van der Waals surface area (Å²) in [5, 5.41) is 6.95. The van der Waals surface area contributed by atoms with Gasteiger partial charge in [-0.15, -0.1) is 0 Å². The van der Waals surface area contributed by atoms with Gasteiger partial charge in [0.1, 0.15) is 0 Å². The zero-order chi connectivity index (χ0) is 16.3. The van der Waals surface area contributed by atoms with Crippen molar-refractivity contribution in [3.05, 3.63) is 46.8 Å². The van der Waals surface area contributed by atoms with Gasteiger partial charge in [0.05, 0.1) is 10.6 Å². The minimum absolute atomic E-state index is 0.0980. The minimum Gasteiger partial charge on any atom is -0.295 e. The molecule has 0 saturated heterocycles. The summed E-state index contributed by atoms with van der Waals surface area (Å²) in [6.45, 7) is 5.46. The van der Waals surface area contributed by atoms with E-state index in [-0.39, 0.29) is 17.2 Å². The Balaban J connectivity index is 2.08. The fraction of sp³-hybridized carbons (Fsp3) is 0.333. The maximum absolute atomic E-state index is 12.3. The van der Waals surface area contributed by atoms with E-state index in [1.165, 1.54) is 19.1 Å². The number of benzene rings is 1. The summed E-state index contributed by atoms with van der Waals surface area (Å²) in [6.07, 6.45) is 0.555. The van der Waals surface area contributed by atoms with Crippen LogP contribution in [0.3, 0.4) is 0 Å². The van der Waals surface area contributed by atoms with E-state index >= 15 is 0 Å². The molecule has 0 unspecified atom stereocenters. The summed E-state index contributed by atoms with van der Waals surface area (Å²) in [5.74, 6) is -0.165. The van der Waals surface area contributed by atoms with Gasteiger partial charge >= 0.3 is 0 Å². The van der Waals surface area contributed by atoms with Crippen molar-refractivity contribution in [3.63, 3.8) is 0 Å². The van der Waals surface area contributed by atoms with Crippen LogP contribution in [0.1, 0.15) is 34.2 Å². The molecular weight excluding hydrogens is 302 g/mol. The van der Waals surface area contributed by atoms with Crippen molar-refractivity contribution < 1.29 is 13.2 Å². The van der Waals surface area contributed by atoms with E-state index in [1.807, 2.05) is 13.8 Å². The van der Waals surface area contributed by atoms with Crippen LogP contribution in [0, 0.1) is 13.8 Å². The molecule has 1 aromatic heterocycles. The number of aromatic amines is 1. The van der Waals surface area contributed by atoms with E-state index in [1.54, 1.807) is 12.1 Å². The zero-order valence-electron chi connectivity index (χ0n) is 12.8. The van der Waals surface area contributed by atoms with Crippen molar-refractivity contribution >= 4 is 15.8 Å². The Morgan fingerprint density at radius 2 is 2.05 bits per heavy atom. The molecule has 0 aliphatic rings. The van der Waals surface area contributed by atoms with Crippen LogP contribution in [0.2, 0.25) is 0 Å². The van der Waals surface area contributed by atoms with E-state index < -0.39 is 10.0 Å². The highest BCUT2D eigenvalue weighted by Gasteiger charge is 2.15. The van der Waals surface area contributed by atoms with Crippen LogP contribution >= 0.6 is 0 Å². The lowest BCUT2D eigenvalue weighted by molar-refractivity contribution is 0.101. The highest BCUT2D eigenvalue weighted by Crippen LogP contribution is 2.13. The predicted octanol–water partition coefficient (Wildman–Crippen LogP) is 1.75. The number of hydrogen-bond donors (Lipinski definition) is 2. The van der Waals surface area contributed by atoms with Gasteiger partial charge in [0, 0.05) is 17.8 Å². The molecule has 6 nitrogen and oxygen atoms in total. The molecule has 0 aliphatic carbocycles. The van der Waals surface area contributed by atoms with Crippen LogP contribution in [0.5, 0.6) is 0 Å². The molecule has 2 aromatic rings. The maximum atomic E-state index is 12.3. The Morgan fingerprint density at radius 1 is 1.32 bits per heavy atom. The highest BCUT2D eigenvalue weighted by molar-refractivity contribution is 7.89. The van der Waals surface area contributed by atoms with Crippen molar-refractivity contribution in [1.29, 1.82) is 0 Å². The standard InChI is InChI=1S/C15H19N3O3S/c1-10-15(11(2)18-17-10)7-8-16-22(20,21)14-6-4-5-13(9-14)12(3)19/h4-6,9,16H,7-8H2,1-3H3,(H,17,18). The van der Waals surface area contributed by atoms with Gasteiger partial charge in [0.25, 0.3) is 0 Å². The number of hydrogen-bond acceptors (Lipinski definition) is 4. The van der Waals surface area contributed by atoms with Crippen LogP contribution in [0.15, 0.2) is 29.2 Å². The Hall–Kier alpha value is -1.99. The molecule has 1 heterocycles. The molecule has 2 rings (SSSR count). The fourth-order valence-corrected chi connectivity index (χ4v) is 3.30. The number of rotatable bonds is 6. The van der Waals surface area contributed by atoms with Crippen molar-refractivity contribution in [2.75, 3.05) is 6.54 Å². The molecular formula is C15H19N3O3S. The number of carbonyl (C=O) groups excluding carboxylic acids is 1. The summed E-state index contributed by atoms with van der Waals surface area (Å²) in [4.78, 5) is 11.4. The Bertz CT molecular complexity index is 775. The van der Waals surface area contributed by atoms with E-state index in [9.17, 15) is 13.2 Å². The van der Waals surface area contributed by atoms with Crippen molar-refractivity contribution in [2.24, 2.45) is 0 Å². The summed E-state index contributed by atoms with van der Waals surface area (Å²) in [5.41, 5.74) is 3.20. The lowest BCUT2D eigenvalue weighted by atomic mass is 10.1. The molecule has 0 spiro atoms. The summed E-state index contributed by atoms with van der Waals surface area (Å²) >= 11 is 0. The van der Waals surface area contributed by atoms with Gasteiger partial charge in [0.15, 0.2) is 5.78 Å². The monoisotopic (exact) mass is 321 g/mol. The quantitative estimate of drug-likeness (QED) is 0.793. The topological polar surface area (TPSA) is 91.9 Å². The number of aryl methyl sites for hydroxylation is 2. The van der Waals surface area contributed by atoms with Gasteiger partial charge in [-0.25, -0.2) is 13.1 Å². The number of H-pyrrole nitrogens is 1. The number of nitrogens with zero attached hydrogens (tertiary/aromatic N) is 1. The van der Waals surface area contributed by atoms with Crippen molar-refractivity contribution in [1.82, 2.24) is 14.9 Å². The van der Waals surface area contributed by atoms with Gasteiger partial charge in [-0.2, -0.15) is 5.10 Å². The van der Waals surface area contributed by atoms with E-state index in [0.717, 1.165) is 17.0 Å². The molecule has 0 saturated carbocycles. The molecule has 7 heteroatoms. The third-order valence-corrected chi connectivity index (χ3v) is 4.96. The molecule has 0 bridgehead atoms. The van der Waals surface area contributed by atoms with Crippen LogP contribution in [-0.4, -0.2) is 30.9 Å². The first kappa shape index (κ1) is 16.4. The van der Waals surface area contributed by atoms with Gasteiger partial charge in [0.2, 0.25) is 10.0 Å². The number of aromatic nitrogens is 2. The smallest absolute Gasteiger partial charge is 0.240 e. The van der Waals surface area contributed by atoms with Crippen LogP contribution in [0.25, 0.3) is 0 Å². The number of nitrogens with one attached hydrogen (secondary N) is 2. The average Bonchev–Trinajstić information content (AvgIpc) is 2.79. The first-order valence-corrected chi connectivity index (χ1v) is 8.40. The normalized spacial score (nSPS) is 11.6. The van der Waals surface area contributed by atoms with Crippen LogP contribution in [0.4, 0.5) is 0 Å². The summed E-state index contributed by atoms with van der Waals surface area (Å²) < 4.78 is 27.1.